The van der Waals surface area contributed by atoms with Crippen LogP contribution in [0, 0.1) is 19.8 Å². The van der Waals surface area contributed by atoms with Crippen molar-refractivity contribution in [3.05, 3.63) is 77.4 Å². The molecule has 36 heavy (non-hydrogen) atoms. The maximum Gasteiger partial charge on any atom is 0.241 e. The Morgan fingerprint density at radius 1 is 1.17 bits per heavy atom. The highest BCUT2D eigenvalue weighted by atomic mass is 32.2. The molecule has 0 radical (unpaired) electrons. The average molecular weight is 502 g/mol. The van der Waals surface area contributed by atoms with Crippen LogP contribution < -0.4 is 4.31 Å². The Kier molecular flexibility index (Phi) is 6.73. The van der Waals surface area contributed by atoms with Crippen molar-refractivity contribution < 1.29 is 13.6 Å². The van der Waals surface area contributed by atoms with Crippen LogP contribution in [-0.4, -0.2) is 29.2 Å². The van der Waals surface area contributed by atoms with Gasteiger partial charge in [0.15, 0.2) is 0 Å². The number of benzene rings is 2. The van der Waals surface area contributed by atoms with Gasteiger partial charge in [0.25, 0.3) is 0 Å². The molecule has 7 nitrogen and oxygen atoms in total. The summed E-state index contributed by atoms with van der Waals surface area (Å²) in [5.41, 5.74) is 7.47. The predicted molar refractivity (Wildman–Crippen MR) is 141 cm³/mol. The Labute approximate surface area is 213 Å². The van der Waals surface area contributed by atoms with Crippen LogP contribution in [-0.2, 0) is 29.0 Å². The third-order valence-corrected chi connectivity index (χ3v) is 7.32. The van der Waals surface area contributed by atoms with E-state index in [-0.39, 0.29) is 11.6 Å². The highest BCUT2D eigenvalue weighted by Crippen LogP contribution is 2.37. The van der Waals surface area contributed by atoms with Crippen LogP contribution in [0.25, 0.3) is 22.2 Å². The normalized spacial score (nSPS) is 14.2. The van der Waals surface area contributed by atoms with Crippen LogP contribution in [0.4, 0.5) is 5.69 Å². The molecule has 1 saturated carbocycles. The molecule has 8 heteroatoms. The van der Waals surface area contributed by atoms with Crippen LogP contribution in [0.1, 0.15) is 48.7 Å². The minimum absolute atomic E-state index is 0.229. The van der Waals surface area contributed by atoms with Crippen LogP contribution in [0.15, 0.2) is 54.9 Å². The largest absolute Gasteiger partial charge is 0.755 e. The van der Waals surface area contributed by atoms with Gasteiger partial charge in [-0.3, -0.25) is 14.0 Å². The van der Waals surface area contributed by atoms with E-state index in [9.17, 15) is 13.6 Å². The Morgan fingerprint density at radius 2 is 1.92 bits per heavy atom. The van der Waals surface area contributed by atoms with Gasteiger partial charge in [-0.15, -0.1) is 0 Å². The smallest absolute Gasteiger partial charge is 0.241 e. The van der Waals surface area contributed by atoms with Gasteiger partial charge in [-0.05, 0) is 67.5 Å². The van der Waals surface area contributed by atoms with E-state index in [1.165, 1.54) is 17.3 Å². The second kappa shape index (κ2) is 9.95. The molecule has 1 amide bonds. The van der Waals surface area contributed by atoms with Gasteiger partial charge in [0, 0.05) is 30.6 Å². The molecule has 0 bridgehead atoms. The number of rotatable bonds is 8. The maximum atomic E-state index is 12.7. The monoisotopic (exact) mass is 501 g/mol. The number of fused-ring (bicyclic) bond motifs is 1. The molecule has 1 atom stereocenters. The van der Waals surface area contributed by atoms with Crippen LogP contribution in [0.5, 0.6) is 0 Å². The zero-order chi connectivity index (χ0) is 25.4. The minimum Gasteiger partial charge on any atom is -0.755 e. The van der Waals surface area contributed by atoms with E-state index in [0.29, 0.717) is 12.1 Å². The molecular weight excluding hydrogens is 472 g/mol. The molecule has 0 saturated heterocycles. The zero-order valence-corrected chi connectivity index (χ0v) is 21.5. The first-order valence-electron chi connectivity index (χ1n) is 12.3. The number of hydrogen-bond donors (Lipinski definition) is 0. The number of imidazole rings is 1. The lowest BCUT2D eigenvalue weighted by Crippen LogP contribution is -2.34. The highest BCUT2D eigenvalue weighted by Gasteiger charge is 2.35. The first-order valence-corrected chi connectivity index (χ1v) is 13.3. The number of carbonyl (C=O) groups excluding carboxylic acids is 1. The number of nitrogens with zero attached hydrogens (tertiary/aromatic N) is 4. The quantitative estimate of drug-likeness (QED) is 0.308. The molecule has 2 aromatic heterocycles. The summed E-state index contributed by atoms with van der Waals surface area (Å²) in [6.45, 7) is 7.07. The molecular formula is C28H29N4O3S-. The van der Waals surface area contributed by atoms with Crippen molar-refractivity contribution in [3.8, 4) is 11.1 Å². The topological polar surface area (TPSA) is 91.2 Å². The lowest BCUT2D eigenvalue weighted by molar-refractivity contribution is -0.118. The van der Waals surface area contributed by atoms with Gasteiger partial charge in [-0.1, -0.05) is 37.3 Å². The number of amides is 1. The van der Waals surface area contributed by atoms with Crippen LogP contribution >= 0.6 is 0 Å². The fourth-order valence-electron chi connectivity index (χ4n) is 4.74. The summed E-state index contributed by atoms with van der Waals surface area (Å²) < 4.78 is 27.1. The van der Waals surface area contributed by atoms with Gasteiger partial charge < -0.3 is 9.12 Å². The minimum atomic E-state index is -2.71. The number of pyridine rings is 1. The summed E-state index contributed by atoms with van der Waals surface area (Å²) in [4.78, 5) is 21.7. The molecule has 1 aliphatic carbocycles. The van der Waals surface area contributed by atoms with Gasteiger partial charge >= 0.3 is 0 Å². The first-order chi connectivity index (χ1) is 17.4. The molecule has 0 N–H and O–H groups in total. The summed E-state index contributed by atoms with van der Waals surface area (Å²) >= 11 is -2.71. The number of hydrogen-bond acceptors (Lipinski definition) is 5. The molecule has 1 fully saturated rings. The Morgan fingerprint density at radius 3 is 2.58 bits per heavy atom. The van der Waals surface area contributed by atoms with Crippen molar-refractivity contribution in [3.63, 3.8) is 0 Å². The summed E-state index contributed by atoms with van der Waals surface area (Å²) in [7, 11) is 0. The number of anilines is 1. The fraction of sp³-hybridized carbons (Fsp3) is 0.321. The number of aryl methyl sites for hydroxylation is 3. The van der Waals surface area contributed by atoms with E-state index in [0.717, 1.165) is 58.0 Å². The SMILES string of the molecule is CCCc1nc2c(C)cc(C)cc2n1Cc1ccc(-c2ccncc2N(C(=O)C2CC2)S(=O)[O-])cc1. The molecule has 2 aromatic carbocycles. The number of carbonyl (C=O) groups is 1. The molecule has 2 heterocycles. The third-order valence-electron chi connectivity index (χ3n) is 6.64. The second-order valence-corrected chi connectivity index (χ2v) is 10.3. The van der Waals surface area contributed by atoms with Crippen molar-refractivity contribution >= 4 is 33.9 Å². The molecule has 186 valence electrons. The molecule has 1 aliphatic rings. The van der Waals surface area contributed by atoms with Gasteiger partial charge in [0.1, 0.15) is 5.82 Å². The van der Waals surface area contributed by atoms with Crippen molar-refractivity contribution in [2.75, 3.05) is 4.31 Å². The van der Waals surface area contributed by atoms with Crippen molar-refractivity contribution in [2.45, 2.75) is 53.0 Å². The predicted octanol–water partition coefficient (Wildman–Crippen LogP) is 5.25. The summed E-state index contributed by atoms with van der Waals surface area (Å²) in [6.07, 6.45) is 6.42. The maximum absolute atomic E-state index is 12.7. The number of aromatic nitrogens is 3. The molecule has 0 spiro atoms. The second-order valence-electron chi connectivity index (χ2n) is 9.53. The highest BCUT2D eigenvalue weighted by molar-refractivity contribution is 7.81. The lowest BCUT2D eigenvalue weighted by atomic mass is 10.0. The Balaban J connectivity index is 1.49. The lowest BCUT2D eigenvalue weighted by Gasteiger charge is -2.26. The Hall–Kier alpha value is -3.36. The van der Waals surface area contributed by atoms with Crippen molar-refractivity contribution in [1.82, 2.24) is 14.5 Å². The summed E-state index contributed by atoms with van der Waals surface area (Å²) in [5, 5.41) is 0. The molecule has 4 aromatic rings. The zero-order valence-electron chi connectivity index (χ0n) is 20.7. The van der Waals surface area contributed by atoms with E-state index in [1.807, 2.05) is 24.3 Å². The molecule has 0 aliphatic heterocycles. The van der Waals surface area contributed by atoms with Crippen molar-refractivity contribution in [2.24, 2.45) is 5.92 Å². The summed E-state index contributed by atoms with van der Waals surface area (Å²) in [6, 6.07) is 14.1. The van der Waals surface area contributed by atoms with E-state index in [4.69, 9.17) is 4.98 Å². The average Bonchev–Trinajstić information content (AvgIpc) is 3.65. The standard InChI is InChI=1S/C28H30N4O3S/c1-4-5-26-30-27-19(3)14-18(2)15-24(27)31(26)17-20-6-8-21(9-7-20)23-12-13-29-16-25(23)32(36(34)35)28(33)22-10-11-22/h6-9,12-16,22H,4-5,10-11,17H2,1-3H3,(H,34,35)/p-1. The van der Waals surface area contributed by atoms with Gasteiger partial charge in [0.05, 0.1) is 34.2 Å². The summed E-state index contributed by atoms with van der Waals surface area (Å²) in [5.74, 6) is 0.456. The molecule has 1 unspecified atom stereocenters. The van der Waals surface area contributed by atoms with Crippen LogP contribution in [0.2, 0.25) is 0 Å². The molecule has 5 rings (SSSR count). The van der Waals surface area contributed by atoms with E-state index >= 15 is 0 Å². The van der Waals surface area contributed by atoms with Gasteiger partial charge in [-0.2, -0.15) is 0 Å². The Bertz CT molecular complexity index is 1460. The van der Waals surface area contributed by atoms with Crippen LogP contribution in [0.3, 0.4) is 0 Å². The van der Waals surface area contributed by atoms with Crippen molar-refractivity contribution in [1.29, 1.82) is 0 Å². The fourth-order valence-corrected chi connectivity index (χ4v) is 5.34. The van der Waals surface area contributed by atoms with E-state index in [1.54, 1.807) is 12.3 Å². The third kappa shape index (κ3) is 4.70. The van der Waals surface area contributed by atoms with Gasteiger partial charge in [-0.25, -0.2) is 9.29 Å². The first kappa shape index (κ1) is 24.3. The van der Waals surface area contributed by atoms with E-state index < -0.39 is 17.2 Å². The van der Waals surface area contributed by atoms with Gasteiger partial charge in [0.2, 0.25) is 5.91 Å². The van der Waals surface area contributed by atoms with E-state index in [2.05, 4.69) is 42.5 Å².